The topological polar surface area (TPSA) is 105 Å². The second-order valence-electron chi connectivity index (χ2n) is 7.96. The SMILES string of the molecule is Cc1nc(C)c(-n2cc([N+](=O)[O-])c(OCCCO[Si](C)(C)C(C)(C)C)n2)o1. The second kappa shape index (κ2) is 7.81. The van der Waals surface area contributed by atoms with Crippen LogP contribution in [0.15, 0.2) is 10.6 Å². The molecule has 9 nitrogen and oxygen atoms in total. The van der Waals surface area contributed by atoms with E-state index in [-0.39, 0.29) is 23.2 Å². The molecule has 2 aromatic rings. The van der Waals surface area contributed by atoms with E-state index in [2.05, 4.69) is 43.9 Å². The van der Waals surface area contributed by atoms with Crippen LogP contribution >= 0.6 is 0 Å². The van der Waals surface area contributed by atoms with Crippen molar-refractivity contribution in [2.24, 2.45) is 0 Å². The third kappa shape index (κ3) is 4.95. The lowest BCUT2D eigenvalue weighted by Crippen LogP contribution is -2.41. The molecule has 150 valence electrons. The van der Waals surface area contributed by atoms with Crippen molar-refractivity contribution in [3.05, 3.63) is 27.9 Å². The first kappa shape index (κ1) is 21.1. The number of nitrogens with zero attached hydrogens (tertiary/aromatic N) is 4. The Morgan fingerprint density at radius 2 is 1.96 bits per heavy atom. The predicted molar refractivity (Wildman–Crippen MR) is 103 cm³/mol. The van der Waals surface area contributed by atoms with Gasteiger partial charge in [-0.1, -0.05) is 20.8 Å². The van der Waals surface area contributed by atoms with Crippen LogP contribution in [0.25, 0.3) is 5.88 Å². The van der Waals surface area contributed by atoms with Crippen molar-refractivity contribution in [1.82, 2.24) is 14.8 Å². The molecule has 0 aliphatic heterocycles. The molecule has 0 spiro atoms. The van der Waals surface area contributed by atoms with Gasteiger partial charge in [0.05, 0.1) is 11.5 Å². The Labute approximate surface area is 160 Å². The van der Waals surface area contributed by atoms with Gasteiger partial charge >= 0.3 is 11.6 Å². The lowest BCUT2D eigenvalue weighted by atomic mass is 10.2. The van der Waals surface area contributed by atoms with E-state index in [9.17, 15) is 10.1 Å². The summed E-state index contributed by atoms with van der Waals surface area (Å²) in [6.45, 7) is 15.2. The normalized spacial score (nSPS) is 12.4. The van der Waals surface area contributed by atoms with Gasteiger partial charge in [-0.2, -0.15) is 4.68 Å². The molecule has 0 radical (unpaired) electrons. The van der Waals surface area contributed by atoms with Crippen LogP contribution in [-0.4, -0.2) is 41.2 Å². The van der Waals surface area contributed by atoms with E-state index >= 15 is 0 Å². The molecule has 2 rings (SSSR count). The van der Waals surface area contributed by atoms with Crippen LogP contribution in [0.2, 0.25) is 18.1 Å². The molecule has 0 unspecified atom stereocenters. The highest BCUT2D eigenvalue weighted by Gasteiger charge is 2.36. The largest absolute Gasteiger partial charge is 0.472 e. The second-order valence-corrected chi connectivity index (χ2v) is 12.8. The Kier molecular flexibility index (Phi) is 6.10. The molecular formula is C17H28N4O5Si. The Bertz CT molecular complexity index is 807. The van der Waals surface area contributed by atoms with E-state index in [0.29, 0.717) is 30.5 Å². The summed E-state index contributed by atoms with van der Waals surface area (Å²) in [6.07, 6.45) is 1.89. The zero-order chi connectivity index (χ0) is 20.4. The van der Waals surface area contributed by atoms with Gasteiger partial charge in [0.15, 0.2) is 14.2 Å². The van der Waals surface area contributed by atoms with Gasteiger partial charge in [-0.05, 0) is 25.1 Å². The van der Waals surface area contributed by atoms with Crippen LogP contribution in [0.4, 0.5) is 5.69 Å². The summed E-state index contributed by atoms with van der Waals surface area (Å²) in [7, 11) is -1.81. The average molecular weight is 397 g/mol. The fraction of sp³-hybridized carbons (Fsp3) is 0.647. The molecule has 0 bridgehead atoms. The molecular weight excluding hydrogens is 368 g/mol. The molecule has 0 aliphatic carbocycles. The van der Waals surface area contributed by atoms with Crippen molar-refractivity contribution in [2.45, 2.75) is 59.2 Å². The minimum atomic E-state index is -1.81. The van der Waals surface area contributed by atoms with Crippen molar-refractivity contribution in [1.29, 1.82) is 0 Å². The summed E-state index contributed by atoms with van der Waals surface area (Å²) < 4.78 is 18.4. The maximum Gasteiger partial charge on any atom is 0.350 e. The number of ether oxygens (including phenoxy) is 1. The van der Waals surface area contributed by atoms with Crippen LogP contribution in [-0.2, 0) is 4.43 Å². The Morgan fingerprint density at radius 3 is 2.48 bits per heavy atom. The molecule has 27 heavy (non-hydrogen) atoms. The lowest BCUT2D eigenvalue weighted by molar-refractivity contribution is -0.385. The standard InChI is InChI=1S/C17H28N4O5Si/c1-12-16(26-13(2)18-12)20-11-14(21(22)23)15(19-20)24-9-8-10-25-27(6,7)17(3,4)5/h11H,8-10H2,1-7H3. The van der Waals surface area contributed by atoms with E-state index in [1.807, 2.05) is 0 Å². The minimum Gasteiger partial charge on any atom is -0.472 e. The van der Waals surface area contributed by atoms with Crippen molar-refractivity contribution in [3.8, 4) is 11.8 Å². The number of hydrogen-bond donors (Lipinski definition) is 0. The van der Waals surface area contributed by atoms with Crippen LogP contribution < -0.4 is 4.74 Å². The maximum absolute atomic E-state index is 11.3. The van der Waals surface area contributed by atoms with Crippen LogP contribution in [0, 0.1) is 24.0 Å². The van der Waals surface area contributed by atoms with Gasteiger partial charge in [-0.15, -0.1) is 5.10 Å². The van der Waals surface area contributed by atoms with Crippen LogP contribution in [0.3, 0.4) is 0 Å². The van der Waals surface area contributed by atoms with Gasteiger partial charge in [0, 0.05) is 20.0 Å². The fourth-order valence-electron chi connectivity index (χ4n) is 2.19. The molecule has 0 fully saturated rings. The first-order valence-electron chi connectivity index (χ1n) is 8.87. The summed E-state index contributed by atoms with van der Waals surface area (Å²) in [4.78, 5) is 14.9. The molecule has 0 aromatic carbocycles. The van der Waals surface area contributed by atoms with Crippen LogP contribution in [0.5, 0.6) is 5.88 Å². The van der Waals surface area contributed by atoms with Gasteiger partial charge in [-0.3, -0.25) is 10.1 Å². The summed E-state index contributed by atoms with van der Waals surface area (Å²) in [5.41, 5.74) is 0.382. The average Bonchev–Trinajstić information content (AvgIpc) is 3.08. The van der Waals surface area contributed by atoms with E-state index in [1.54, 1.807) is 13.8 Å². The number of aromatic nitrogens is 3. The van der Waals surface area contributed by atoms with E-state index in [4.69, 9.17) is 13.6 Å². The van der Waals surface area contributed by atoms with E-state index < -0.39 is 13.2 Å². The number of hydrogen-bond acceptors (Lipinski definition) is 7. The van der Waals surface area contributed by atoms with Crippen LogP contribution in [0.1, 0.15) is 38.8 Å². The van der Waals surface area contributed by atoms with Gasteiger partial charge in [-0.25, -0.2) is 4.98 Å². The summed E-state index contributed by atoms with van der Waals surface area (Å²) >= 11 is 0. The Balaban J connectivity index is 2.00. The molecule has 0 saturated heterocycles. The number of rotatable bonds is 8. The smallest absolute Gasteiger partial charge is 0.350 e. The van der Waals surface area contributed by atoms with Crippen molar-refractivity contribution >= 4 is 14.0 Å². The zero-order valence-corrected chi connectivity index (χ0v) is 18.0. The number of aryl methyl sites for hydroxylation is 2. The quantitative estimate of drug-likeness (QED) is 0.285. The predicted octanol–water partition coefficient (Wildman–Crippen LogP) is 4.18. The number of oxazole rings is 1. The molecule has 0 amide bonds. The molecule has 2 heterocycles. The molecule has 0 aliphatic rings. The molecule has 2 aromatic heterocycles. The van der Waals surface area contributed by atoms with Gasteiger partial charge in [0.2, 0.25) is 5.88 Å². The monoisotopic (exact) mass is 396 g/mol. The summed E-state index contributed by atoms with van der Waals surface area (Å²) in [6, 6.07) is 0. The lowest BCUT2D eigenvalue weighted by Gasteiger charge is -2.36. The summed E-state index contributed by atoms with van der Waals surface area (Å²) in [5.74, 6) is 0.762. The zero-order valence-electron chi connectivity index (χ0n) is 17.0. The molecule has 0 saturated carbocycles. The third-order valence-electron chi connectivity index (χ3n) is 4.74. The fourth-order valence-corrected chi connectivity index (χ4v) is 3.27. The third-order valence-corrected chi connectivity index (χ3v) is 9.28. The molecule has 0 N–H and O–H groups in total. The van der Waals surface area contributed by atoms with Crippen molar-refractivity contribution < 1.29 is 18.5 Å². The van der Waals surface area contributed by atoms with Gasteiger partial charge in [0.25, 0.3) is 0 Å². The van der Waals surface area contributed by atoms with E-state index in [1.165, 1.54) is 10.9 Å². The first-order chi connectivity index (χ1) is 12.4. The molecule has 0 atom stereocenters. The van der Waals surface area contributed by atoms with Crippen molar-refractivity contribution in [3.63, 3.8) is 0 Å². The molecule has 10 heteroatoms. The first-order valence-corrected chi connectivity index (χ1v) is 11.8. The van der Waals surface area contributed by atoms with Gasteiger partial charge < -0.3 is 13.6 Å². The highest BCUT2D eigenvalue weighted by molar-refractivity contribution is 6.74. The summed E-state index contributed by atoms with van der Waals surface area (Å²) in [5, 5.41) is 15.6. The Hall–Kier alpha value is -2.20. The maximum atomic E-state index is 11.3. The Morgan fingerprint density at radius 1 is 1.30 bits per heavy atom. The minimum absolute atomic E-state index is 0.0409. The highest BCUT2D eigenvalue weighted by atomic mass is 28.4. The van der Waals surface area contributed by atoms with Gasteiger partial charge in [0.1, 0.15) is 11.9 Å². The van der Waals surface area contributed by atoms with Crippen molar-refractivity contribution in [2.75, 3.05) is 13.2 Å². The van der Waals surface area contributed by atoms with E-state index in [0.717, 1.165) is 0 Å². The number of nitro groups is 1. The highest BCUT2D eigenvalue weighted by Crippen LogP contribution is 2.36.